The first-order valence-corrected chi connectivity index (χ1v) is 6.89. The molecule has 0 aliphatic rings. The predicted octanol–water partition coefficient (Wildman–Crippen LogP) is 3.72. The molecule has 0 aliphatic carbocycles. The molecule has 2 aromatic rings. The number of methoxy groups -OCH3 is 1. The maximum absolute atomic E-state index is 12.7. The van der Waals surface area contributed by atoms with Gasteiger partial charge in [-0.25, -0.2) is 0 Å². The molecule has 2 aromatic carbocycles. The second-order valence-corrected chi connectivity index (χ2v) is 4.85. The maximum atomic E-state index is 12.7. The molecule has 0 aliphatic heterocycles. The maximum Gasteiger partial charge on any atom is 0.262 e. The van der Waals surface area contributed by atoms with E-state index in [0.717, 1.165) is 0 Å². The Morgan fingerprint density at radius 3 is 2.67 bits per heavy atom. The van der Waals surface area contributed by atoms with Crippen LogP contribution in [0.3, 0.4) is 0 Å². The van der Waals surface area contributed by atoms with Crippen LogP contribution in [-0.4, -0.2) is 24.7 Å². The van der Waals surface area contributed by atoms with Crippen molar-refractivity contribution in [2.45, 2.75) is 6.92 Å². The van der Waals surface area contributed by atoms with E-state index in [1.165, 1.54) is 7.11 Å². The second-order valence-electron chi connectivity index (χ2n) is 4.41. The Bertz CT molecular complexity index is 658. The first kappa shape index (κ1) is 15.2. The van der Waals surface area contributed by atoms with E-state index in [1.54, 1.807) is 47.4 Å². The molecule has 0 unspecified atom stereocenters. The lowest BCUT2D eigenvalue weighted by molar-refractivity contribution is 0.0985. The van der Waals surface area contributed by atoms with Gasteiger partial charge in [0.1, 0.15) is 11.5 Å². The topological polar surface area (TPSA) is 49.8 Å². The zero-order valence-corrected chi connectivity index (χ0v) is 12.6. The molecule has 0 bridgehead atoms. The number of rotatable bonds is 4. The van der Waals surface area contributed by atoms with Crippen molar-refractivity contribution in [1.82, 2.24) is 0 Å². The number of benzene rings is 2. The van der Waals surface area contributed by atoms with Gasteiger partial charge in [-0.05, 0) is 37.3 Å². The van der Waals surface area contributed by atoms with Crippen LogP contribution in [0.2, 0.25) is 5.02 Å². The highest BCUT2D eigenvalue weighted by molar-refractivity contribution is 6.31. The molecule has 110 valence electrons. The van der Waals surface area contributed by atoms with Crippen molar-refractivity contribution in [1.29, 1.82) is 0 Å². The van der Waals surface area contributed by atoms with Gasteiger partial charge in [0.2, 0.25) is 0 Å². The molecular formula is C16H16ClNO3. The van der Waals surface area contributed by atoms with E-state index in [9.17, 15) is 9.90 Å². The van der Waals surface area contributed by atoms with Crippen LogP contribution < -0.4 is 9.64 Å². The number of halogens is 1. The van der Waals surface area contributed by atoms with Gasteiger partial charge in [0, 0.05) is 23.3 Å². The highest BCUT2D eigenvalue weighted by Crippen LogP contribution is 2.27. The van der Waals surface area contributed by atoms with Gasteiger partial charge in [-0.2, -0.15) is 0 Å². The Balaban J connectivity index is 2.43. The van der Waals surface area contributed by atoms with E-state index in [0.29, 0.717) is 28.6 Å². The van der Waals surface area contributed by atoms with E-state index in [2.05, 4.69) is 0 Å². The van der Waals surface area contributed by atoms with Crippen LogP contribution in [0.15, 0.2) is 42.5 Å². The average Bonchev–Trinajstić information content (AvgIpc) is 2.48. The van der Waals surface area contributed by atoms with Crippen molar-refractivity contribution < 1.29 is 14.6 Å². The molecule has 0 spiro atoms. The number of hydrogen-bond donors (Lipinski definition) is 1. The molecule has 0 aromatic heterocycles. The highest BCUT2D eigenvalue weighted by atomic mass is 35.5. The number of amides is 1. The zero-order chi connectivity index (χ0) is 15.4. The zero-order valence-electron chi connectivity index (χ0n) is 11.8. The lowest BCUT2D eigenvalue weighted by Crippen LogP contribution is -2.30. The molecule has 1 amide bonds. The Hall–Kier alpha value is -2.20. The fraction of sp³-hybridized carbons (Fsp3) is 0.188. The molecule has 4 nitrogen and oxygen atoms in total. The summed E-state index contributed by atoms with van der Waals surface area (Å²) in [6, 6.07) is 11.5. The van der Waals surface area contributed by atoms with E-state index in [-0.39, 0.29) is 11.7 Å². The second kappa shape index (κ2) is 6.50. The average molecular weight is 306 g/mol. The summed E-state index contributed by atoms with van der Waals surface area (Å²) in [7, 11) is 1.50. The molecule has 21 heavy (non-hydrogen) atoms. The van der Waals surface area contributed by atoms with E-state index in [4.69, 9.17) is 16.3 Å². The highest BCUT2D eigenvalue weighted by Gasteiger charge is 2.20. The number of phenolic OH excluding ortho intramolecular Hbond substituents is 1. The number of aromatic hydroxyl groups is 1. The molecule has 0 radical (unpaired) electrons. The largest absolute Gasteiger partial charge is 0.508 e. The molecule has 0 saturated carbocycles. The molecular weight excluding hydrogens is 290 g/mol. The van der Waals surface area contributed by atoms with Gasteiger partial charge in [-0.15, -0.1) is 0 Å². The summed E-state index contributed by atoms with van der Waals surface area (Å²) in [6.45, 7) is 2.32. The molecule has 0 heterocycles. The van der Waals surface area contributed by atoms with Gasteiger partial charge in [-0.3, -0.25) is 4.79 Å². The Morgan fingerprint density at radius 1 is 1.29 bits per heavy atom. The predicted molar refractivity (Wildman–Crippen MR) is 83.5 cm³/mol. The first-order chi connectivity index (χ1) is 10.1. The SMILES string of the molecule is CCN(C(=O)c1cc(Cl)ccc1OC)c1cccc(O)c1. The molecule has 0 saturated heterocycles. The van der Waals surface area contributed by atoms with Crippen molar-refractivity contribution in [3.05, 3.63) is 53.1 Å². The van der Waals surface area contributed by atoms with Gasteiger partial charge in [0.25, 0.3) is 5.91 Å². The summed E-state index contributed by atoms with van der Waals surface area (Å²) in [5.41, 5.74) is 1.000. The third-order valence-electron chi connectivity index (χ3n) is 3.09. The minimum absolute atomic E-state index is 0.108. The van der Waals surface area contributed by atoms with Gasteiger partial charge in [-0.1, -0.05) is 17.7 Å². The van der Waals surface area contributed by atoms with Crippen LogP contribution in [0, 0.1) is 0 Å². The lowest BCUT2D eigenvalue weighted by atomic mass is 10.1. The van der Waals surface area contributed by atoms with Crippen LogP contribution in [0.25, 0.3) is 0 Å². The van der Waals surface area contributed by atoms with Crippen LogP contribution in [0.1, 0.15) is 17.3 Å². The van der Waals surface area contributed by atoms with Crippen molar-refractivity contribution >= 4 is 23.2 Å². The standard InChI is InChI=1S/C16H16ClNO3/c1-3-18(12-5-4-6-13(19)10-12)16(20)14-9-11(17)7-8-15(14)21-2/h4-10,19H,3H2,1-2H3. The van der Waals surface area contributed by atoms with Gasteiger partial charge in [0.15, 0.2) is 0 Å². The summed E-state index contributed by atoms with van der Waals surface area (Å²) in [5.74, 6) is 0.335. The number of anilines is 1. The number of carbonyl (C=O) groups excluding carboxylic acids is 1. The molecule has 2 rings (SSSR count). The number of carbonyl (C=O) groups is 1. The van der Waals surface area contributed by atoms with Crippen molar-refractivity contribution in [3.63, 3.8) is 0 Å². The number of phenols is 1. The van der Waals surface area contributed by atoms with Crippen molar-refractivity contribution in [3.8, 4) is 11.5 Å². The molecule has 5 heteroatoms. The lowest BCUT2D eigenvalue weighted by Gasteiger charge is -2.22. The van der Waals surface area contributed by atoms with Gasteiger partial charge < -0.3 is 14.7 Å². The van der Waals surface area contributed by atoms with E-state index in [1.807, 2.05) is 6.92 Å². The van der Waals surface area contributed by atoms with Crippen LogP contribution in [0.5, 0.6) is 11.5 Å². The number of ether oxygens (including phenoxy) is 1. The van der Waals surface area contributed by atoms with Crippen LogP contribution in [-0.2, 0) is 0 Å². The molecule has 0 atom stereocenters. The Labute approximate surface area is 128 Å². The third-order valence-corrected chi connectivity index (χ3v) is 3.33. The van der Waals surface area contributed by atoms with E-state index >= 15 is 0 Å². The fourth-order valence-electron chi connectivity index (χ4n) is 2.10. The van der Waals surface area contributed by atoms with Crippen molar-refractivity contribution in [2.24, 2.45) is 0 Å². The Morgan fingerprint density at radius 2 is 2.05 bits per heavy atom. The fourth-order valence-corrected chi connectivity index (χ4v) is 2.27. The number of nitrogens with zero attached hydrogens (tertiary/aromatic N) is 1. The monoisotopic (exact) mass is 305 g/mol. The Kier molecular flexibility index (Phi) is 4.70. The van der Waals surface area contributed by atoms with Crippen LogP contribution in [0.4, 0.5) is 5.69 Å². The first-order valence-electron chi connectivity index (χ1n) is 6.51. The van der Waals surface area contributed by atoms with Gasteiger partial charge >= 0.3 is 0 Å². The van der Waals surface area contributed by atoms with Crippen molar-refractivity contribution in [2.75, 3.05) is 18.6 Å². The summed E-state index contributed by atoms with van der Waals surface area (Å²) in [5, 5.41) is 10.0. The summed E-state index contributed by atoms with van der Waals surface area (Å²) in [4.78, 5) is 14.3. The smallest absolute Gasteiger partial charge is 0.262 e. The molecule has 0 fully saturated rings. The quantitative estimate of drug-likeness (QED) is 0.936. The molecule has 1 N–H and O–H groups in total. The van der Waals surface area contributed by atoms with Gasteiger partial charge in [0.05, 0.1) is 12.7 Å². The van der Waals surface area contributed by atoms with E-state index < -0.39 is 0 Å². The van der Waals surface area contributed by atoms with Crippen LogP contribution >= 0.6 is 11.6 Å². The summed E-state index contributed by atoms with van der Waals surface area (Å²) < 4.78 is 5.22. The number of hydrogen-bond acceptors (Lipinski definition) is 3. The minimum Gasteiger partial charge on any atom is -0.508 e. The normalized spacial score (nSPS) is 10.2. The summed E-state index contributed by atoms with van der Waals surface area (Å²) in [6.07, 6.45) is 0. The third kappa shape index (κ3) is 3.28. The minimum atomic E-state index is -0.234. The summed E-state index contributed by atoms with van der Waals surface area (Å²) >= 11 is 5.97.